The van der Waals surface area contributed by atoms with Crippen molar-refractivity contribution in [2.45, 2.75) is 12.2 Å². The Bertz CT molecular complexity index is 432. The van der Waals surface area contributed by atoms with Crippen molar-refractivity contribution in [2.75, 3.05) is 45.6 Å². The van der Waals surface area contributed by atoms with Crippen LogP contribution in [0.25, 0.3) is 0 Å². The summed E-state index contributed by atoms with van der Waals surface area (Å²) in [6.45, 7) is 3.62. The van der Waals surface area contributed by atoms with E-state index in [1.807, 2.05) is 0 Å². The molecule has 1 saturated heterocycles. The summed E-state index contributed by atoms with van der Waals surface area (Å²) in [5, 5.41) is 3.10. The molecule has 0 bridgehead atoms. The highest BCUT2D eigenvalue weighted by atomic mass is 19.4. The molecule has 0 aliphatic carbocycles. The summed E-state index contributed by atoms with van der Waals surface area (Å²) < 4.78 is 37.3. The summed E-state index contributed by atoms with van der Waals surface area (Å²) in [7, 11) is 4.12. The van der Waals surface area contributed by atoms with Crippen molar-refractivity contribution in [1.82, 2.24) is 14.8 Å². The average Bonchev–Trinajstić information content (AvgIpc) is 2.39. The summed E-state index contributed by atoms with van der Waals surface area (Å²) in [5.41, 5.74) is -0.724. The van der Waals surface area contributed by atoms with Gasteiger partial charge in [0, 0.05) is 38.4 Å². The minimum Gasteiger partial charge on any atom is -0.368 e. The fraction of sp³-hybridized carbons (Fsp3) is 0.615. The molecule has 1 aliphatic heterocycles. The monoisotopic (exact) mass is 288 g/mol. The van der Waals surface area contributed by atoms with Gasteiger partial charge in [0.05, 0.1) is 5.56 Å². The van der Waals surface area contributed by atoms with Crippen molar-refractivity contribution in [1.29, 1.82) is 0 Å². The van der Waals surface area contributed by atoms with E-state index in [2.05, 4.69) is 34.2 Å². The zero-order chi connectivity index (χ0) is 14.8. The van der Waals surface area contributed by atoms with Crippen LogP contribution in [0.15, 0.2) is 18.3 Å². The van der Waals surface area contributed by atoms with E-state index < -0.39 is 11.7 Å². The summed E-state index contributed by atoms with van der Waals surface area (Å²) in [6.07, 6.45) is -3.48. The van der Waals surface area contributed by atoms with Crippen LogP contribution >= 0.6 is 0 Å². The summed E-state index contributed by atoms with van der Waals surface area (Å²) in [4.78, 5) is 8.30. The van der Waals surface area contributed by atoms with Gasteiger partial charge in [-0.05, 0) is 26.2 Å². The van der Waals surface area contributed by atoms with Gasteiger partial charge in [-0.3, -0.25) is 4.90 Å². The number of halogens is 3. The first-order chi connectivity index (χ1) is 9.36. The van der Waals surface area contributed by atoms with Crippen LogP contribution in [-0.2, 0) is 6.18 Å². The quantitative estimate of drug-likeness (QED) is 0.918. The third-order valence-electron chi connectivity index (χ3n) is 3.59. The predicted molar refractivity (Wildman–Crippen MR) is 71.6 cm³/mol. The van der Waals surface area contributed by atoms with Crippen LogP contribution in [0.1, 0.15) is 5.56 Å². The Morgan fingerprint density at radius 3 is 2.65 bits per heavy atom. The zero-order valence-corrected chi connectivity index (χ0v) is 11.6. The molecule has 1 aromatic rings. The van der Waals surface area contributed by atoms with E-state index >= 15 is 0 Å². The smallest absolute Gasteiger partial charge is 0.368 e. The molecule has 2 heterocycles. The molecule has 2 rings (SSSR count). The lowest BCUT2D eigenvalue weighted by Crippen LogP contribution is -2.52. The SMILES string of the molecule is CN1CCN(C)C(CNc2ccc(C(F)(F)F)cn2)C1. The van der Waals surface area contributed by atoms with Crippen LogP contribution in [0.4, 0.5) is 19.0 Å². The first-order valence-electron chi connectivity index (χ1n) is 6.52. The summed E-state index contributed by atoms with van der Waals surface area (Å²) in [6, 6.07) is 2.75. The van der Waals surface area contributed by atoms with Gasteiger partial charge in [0.2, 0.25) is 0 Å². The molecule has 1 atom stereocenters. The number of anilines is 1. The lowest BCUT2D eigenvalue weighted by atomic mass is 10.2. The van der Waals surface area contributed by atoms with Gasteiger partial charge in [0.25, 0.3) is 0 Å². The Morgan fingerprint density at radius 2 is 2.05 bits per heavy atom. The van der Waals surface area contributed by atoms with E-state index in [1.54, 1.807) is 0 Å². The van der Waals surface area contributed by atoms with Gasteiger partial charge in [-0.2, -0.15) is 13.2 Å². The maximum absolute atomic E-state index is 12.4. The second kappa shape index (κ2) is 5.97. The lowest BCUT2D eigenvalue weighted by Gasteiger charge is -2.37. The second-order valence-electron chi connectivity index (χ2n) is 5.21. The van der Waals surface area contributed by atoms with E-state index in [4.69, 9.17) is 0 Å². The number of alkyl halides is 3. The van der Waals surface area contributed by atoms with Crippen LogP contribution in [0, 0.1) is 0 Å². The molecule has 1 N–H and O–H groups in total. The fourth-order valence-electron chi connectivity index (χ4n) is 2.21. The molecule has 1 fully saturated rings. The minimum atomic E-state index is -4.34. The third kappa shape index (κ3) is 3.83. The standard InChI is InChI=1S/C13H19F3N4/c1-19-5-6-20(2)11(9-19)8-18-12-4-3-10(7-17-12)13(14,15)16/h3-4,7,11H,5-6,8-9H2,1-2H3,(H,17,18). The molecule has 112 valence electrons. The van der Waals surface area contributed by atoms with Crippen LogP contribution in [0.3, 0.4) is 0 Å². The molecule has 20 heavy (non-hydrogen) atoms. The minimum absolute atomic E-state index is 0.331. The highest BCUT2D eigenvalue weighted by Gasteiger charge is 2.30. The molecular weight excluding hydrogens is 269 g/mol. The predicted octanol–water partition coefficient (Wildman–Crippen LogP) is 1.76. The van der Waals surface area contributed by atoms with E-state index in [-0.39, 0.29) is 0 Å². The fourth-order valence-corrected chi connectivity index (χ4v) is 2.21. The van der Waals surface area contributed by atoms with Gasteiger partial charge < -0.3 is 10.2 Å². The number of hydrogen-bond donors (Lipinski definition) is 1. The normalized spacial score (nSPS) is 21.9. The highest BCUT2D eigenvalue weighted by Crippen LogP contribution is 2.28. The number of nitrogens with one attached hydrogen (secondary N) is 1. The first kappa shape index (κ1) is 15.1. The molecule has 0 aromatic carbocycles. The van der Waals surface area contributed by atoms with E-state index in [1.165, 1.54) is 6.07 Å². The first-order valence-corrected chi connectivity index (χ1v) is 6.52. The third-order valence-corrected chi connectivity index (χ3v) is 3.59. The van der Waals surface area contributed by atoms with Gasteiger partial charge in [-0.1, -0.05) is 0 Å². The summed E-state index contributed by atoms with van der Waals surface area (Å²) >= 11 is 0. The number of hydrogen-bond acceptors (Lipinski definition) is 4. The molecule has 0 radical (unpaired) electrons. The van der Waals surface area contributed by atoms with Gasteiger partial charge in [0.15, 0.2) is 0 Å². The number of pyridine rings is 1. The highest BCUT2D eigenvalue weighted by molar-refractivity contribution is 5.36. The van der Waals surface area contributed by atoms with E-state index in [9.17, 15) is 13.2 Å². The molecule has 1 aromatic heterocycles. The van der Waals surface area contributed by atoms with E-state index in [0.29, 0.717) is 18.4 Å². The maximum Gasteiger partial charge on any atom is 0.417 e. The lowest BCUT2D eigenvalue weighted by molar-refractivity contribution is -0.137. The number of likely N-dealkylation sites (N-methyl/N-ethyl adjacent to an activating group) is 2. The van der Waals surface area contributed by atoms with Gasteiger partial charge in [0.1, 0.15) is 5.82 Å². The Kier molecular flexibility index (Phi) is 4.49. The average molecular weight is 288 g/mol. The zero-order valence-electron chi connectivity index (χ0n) is 11.6. The molecule has 0 spiro atoms. The maximum atomic E-state index is 12.4. The van der Waals surface area contributed by atoms with Gasteiger partial charge in [-0.15, -0.1) is 0 Å². The van der Waals surface area contributed by atoms with Crippen molar-refractivity contribution in [3.05, 3.63) is 23.9 Å². The van der Waals surface area contributed by atoms with Crippen LogP contribution < -0.4 is 5.32 Å². The van der Waals surface area contributed by atoms with Crippen LogP contribution in [-0.4, -0.2) is 61.1 Å². The molecule has 0 amide bonds. The second-order valence-corrected chi connectivity index (χ2v) is 5.21. The molecule has 1 aliphatic rings. The Balaban J connectivity index is 1.90. The number of piperazine rings is 1. The molecule has 1 unspecified atom stereocenters. The number of aromatic nitrogens is 1. The van der Waals surface area contributed by atoms with Gasteiger partial charge >= 0.3 is 6.18 Å². The number of nitrogens with zero attached hydrogens (tertiary/aromatic N) is 3. The topological polar surface area (TPSA) is 31.4 Å². The largest absolute Gasteiger partial charge is 0.417 e. The van der Waals surface area contributed by atoms with Crippen molar-refractivity contribution in [3.63, 3.8) is 0 Å². The molecular formula is C13H19F3N4. The number of rotatable bonds is 3. The molecule has 4 nitrogen and oxygen atoms in total. The molecule has 7 heteroatoms. The van der Waals surface area contributed by atoms with E-state index in [0.717, 1.165) is 31.9 Å². The molecule has 0 saturated carbocycles. The Morgan fingerprint density at radius 1 is 1.30 bits per heavy atom. The Hall–Kier alpha value is -1.34. The Labute approximate surface area is 116 Å². The van der Waals surface area contributed by atoms with Crippen molar-refractivity contribution in [3.8, 4) is 0 Å². The van der Waals surface area contributed by atoms with Crippen LogP contribution in [0.2, 0.25) is 0 Å². The van der Waals surface area contributed by atoms with Crippen molar-refractivity contribution < 1.29 is 13.2 Å². The van der Waals surface area contributed by atoms with Crippen LogP contribution in [0.5, 0.6) is 0 Å². The summed E-state index contributed by atoms with van der Waals surface area (Å²) in [5.74, 6) is 0.472. The van der Waals surface area contributed by atoms with Gasteiger partial charge in [-0.25, -0.2) is 4.98 Å². The van der Waals surface area contributed by atoms with Crippen molar-refractivity contribution >= 4 is 5.82 Å². The van der Waals surface area contributed by atoms with Crippen molar-refractivity contribution in [2.24, 2.45) is 0 Å².